The van der Waals surface area contributed by atoms with E-state index in [1.807, 2.05) is 0 Å². The van der Waals surface area contributed by atoms with Crippen LogP contribution in [-0.2, 0) is 17.0 Å². The Balaban J connectivity index is 0.00000103. The minimum atomic E-state index is -1.87. The Hall–Kier alpha value is -0.439. The van der Waals surface area contributed by atoms with Gasteiger partial charge in [0.2, 0.25) is 0 Å². The van der Waals surface area contributed by atoms with Crippen molar-refractivity contribution in [1.82, 2.24) is 0 Å². The molecular weight excluding hydrogens is 540 g/mol. The zero-order valence-electron chi connectivity index (χ0n) is 21.8. The SMILES string of the molecule is CC(C)(C)[N-][Si](C)(C)C1=CC(P(c2ccccc2)c2ccccc2)C2(C=CC=CC2)C1.[CH3-].[Cl][Ti][Cl]. The van der Waals surface area contributed by atoms with Crippen LogP contribution in [0.3, 0.4) is 0 Å². The van der Waals surface area contributed by atoms with Crippen molar-refractivity contribution in [3.8, 4) is 0 Å². The van der Waals surface area contributed by atoms with Gasteiger partial charge >= 0.3 is 35.6 Å². The Morgan fingerprint density at radius 2 is 1.46 bits per heavy atom. The quantitative estimate of drug-likeness (QED) is 0.191. The van der Waals surface area contributed by atoms with Crippen molar-refractivity contribution in [1.29, 1.82) is 0 Å². The second-order valence-corrected chi connectivity index (χ2v) is 19.4. The Labute approximate surface area is 233 Å². The molecule has 35 heavy (non-hydrogen) atoms. The number of allylic oxidation sites excluding steroid dienone is 6. The molecular formula is C29H38Cl2NPSiTi-2. The van der Waals surface area contributed by atoms with E-state index in [4.69, 9.17) is 23.6 Å². The summed E-state index contributed by atoms with van der Waals surface area (Å²) in [7, 11) is 7.40. The fourth-order valence-corrected chi connectivity index (χ4v) is 11.6. The average molecular weight is 578 g/mol. The minimum absolute atomic E-state index is 0. The summed E-state index contributed by atoms with van der Waals surface area (Å²) >= 11 is -0.556. The van der Waals surface area contributed by atoms with Crippen LogP contribution >= 0.6 is 26.5 Å². The Bertz CT molecular complexity index is 978. The van der Waals surface area contributed by atoms with Gasteiger partial charge in [0.1, 0.15) is 0 Å². The molecule has 2 aromatic rings. The van der Waals surface area contributed by atoms with E-state index < -0.39 is 33.2 Å². The van der Waals surface area contributed by atoms with Crippen LogP contribution in [0.2, 0.25) is 13.1 Å². The molecule has 6 heteroatoms. The number of nitrogens with zero attached hydrogens (tertiary/aromatic N) is 1. The molecule has 0 saturated carbocycles. The van der Waals surface area contributed by atoms with Gasteiger partial charge in [-0.3, -0.25) is 0 Å². The predicted octanol–water partition coefficient (Wildman–Crippen LogP) is 9.06. The first-order valence-corrected chi connectivity index (χ1v) is 20.4. The van der Waals surface area contributed by atoms with E-state index in [0.29, 0.717) is 5.66 Å². The van der Waals surface area contributed by atoms with E-state index in [-0.39, 0.29) is 18.4 Å². The van der Waals surface area contributed by atoms with Crippen molar-refractivity contribution < 1.29 is 17.0 Å². The Kier molecular flexibility index (Phi) is 11.8. The molecule has 188 valence electrons. The Morgan fingerprint density at radius 3 is 1.89 bits per heavy atom. The van der Waals surface area contributed by atoms with Gasteiger partial charge in [-0.25, -0.2) is 0 Å². The maximum absolute atomic E-state index is 5.38. The van der Waals surface area contributed by atoms with E-state index in [1.54, 1.807) is 5.20 Å². The second kappa shape index (κ2) is 13.4. The van der Waals surface area contributed by atoms with Gasteiger partial charge in [-0.1, -0.05) is 125 Å². The van der Waals surface area contributed by atoms with Crippen LogP contribution in [0.4, 0.5) is 0 Å². The summed E-state index contributed by atoms with van der Waals surface area (Å²) in [5, 5.41) is 4.58. The van der Waals surface area contributed by atoms with Gasteiger partial charge in [-0.2, -0.15) is 0 Å². The molecule has 4 rings (SSSR count). The average Bonchev–Trinajstić information content (AvgIpc) is 3.14. The van der Waals surface area contributed by atoms with Crippen molar-refractivity contribution in [3.05, 3.63) is 109 Å². The monoisotopic (exact) mass is 577 g/mol. The van der Waals surface area contributed by atoms with Gasteiger partial charge in [0, 0.05) is 11.1 Å². The van der Waals surface area contributed by atoms with Crippen molar-refractivity contribution in [3.63, 3.8) is 0 Å². The third kappa shape index (κ3) is 8.02. The molecule has 0 N–H and O–H groups in total. The maximum atomic E-state index is 5.38. The van der Waals surface area contributed by atoms with E-state index in [0.717, 1.165) is 12.8 Å². The molecule has 2 unspecified atom stereocenters. The van der Waals surface area contributed by atoms with Crippen LogP contribution in [0.1, 0.15) is 33.6 Å². The standard InChI is InChI=1S/C28H35NPSi.CH3.2ClH.Ti/c1-27(2,3)29-31(4,5)25-21-26(28(22-25)19-13-8-14-20-28)30(23-15-9-6-10-16-23)24-17-11-7-12-18-24;;;;/h6-19,21,26H,20,22H2,1-5H3;1H3;2*1H;/q2*-1;;;+2/p-2. The van der Waals surface area contributed by atoms with Crippen LogP contribution in [0.15, 0.2) is 96.2 Å². The molecule has 2 aromatic carbocycles. The molecule has 0 fully saturated rings. The van der Waals surface area contributed by atoms with Crippen LogP contribution in [0.25, 0.3) is 4.98 Å². The van der Waals surface area contributed by atoms with E-state index in [2.05, 4.69) is 125 Å². The Morgan fingerprint density at radius 1 is 0.943 bits per heavy atom. The van der Waals surface area contributed by atoms with Gasteiger partial charge in [0.25, 0.3) is 0 Å². The predicted molar refractivity (Wildman–Crippen MR) is 160 cm³/mol. The van der Waals surface area contributed by atoms with E-state index in [9.17, 15) is 0 Å². The fourth-order valence-electron chi connectivity index (χ4n) is 5.22. The number of benzene rings is 2. The van der Waals surface area contributed by atoms with Gasteiger partial charge < -0.3 is 12.4 Å². The van der Waals surface area contributed by atoms with Crippen LogP contribution in [0.5, 0.6) is 0 Å². The summed E-state index contributed by atoms with van der Waals surface area (Å²) < 4.78 is 0. The normalized spacial score (nSPS) is 21.3. The van der Waals surface area contributed by atoms with Crippen LogP contribution in [0, 0.1) is 12.8 Å². The number of rotatable bonds is 5. The molecule has 1 spiro atoms. The van der Waals surface area contributed by atoms with E-state index in [1.165, 1.54) is 10.6 Å². The summed E-state index contributed by atoms with van der Waals surface area (Å²) in [4.78, 5) is 5.38. The van der Waals surface area contributed by atoms with Crippen LogP contribution in [-0.4, -0.2) is 19.4 Å². The van der Waals surface area contributed by atoms with Gasteiger partial charge in [0.15, 0.2) is 0 Å². The summed E-state index contributed by atoms with van der Waals surface area (Å²) in [6.45, 7) is 11.6. The van der Waals surface area contributed by atoms with Crippen molar-refractivity contribution >= 4 is 45.4 Å². The molecule has 0 heterocycles. The first-order chi connectivity index (χ1) is 16.1. The molecule has 2 aliphatic carbocycles. The molecule has 0 bridgehead atoms. The molecule has 2 aliphatic rings. The van der Waals surface area contributed by atoms with Gasteiger partial charge in [-0.15, -0.1) is 10.7 Å². The molecule has 2 atom stereocenters. The zero-order chi connectivity index (χ0) is 24.8. The zero-order valence-corrected chi connectivity index (χ0v) is 26.8. The molecule has 0 aromatic heterocycles. The third-order valence-corrected chi connectivity index (χ3v) is 12.5. The van der Waals surface area contributed by atoms with E-state index >= 15 is 0 Å². The van der Waals surface area contributed by atoms with Crippen molar-refractivity contribution in [2.75, 3.05) is 0 Å². The molecule has 0 radical (unpaired) electrons. The molecule has 1 nitrogen and oxygen atoms in total. The summed E-state index contributed by atoms with van der Waals surface area (Å²) in [6.07, 6.45) is 14.3. The third-order valence-electron chi connectivity index (χ3n) is 6.39. The first-order valence-electron chi connectivity index (χ1n) is 11.8. The van der Waals surface area contributed by atoms with Crippen molar-refractivity contribution in [2.45, 2.75) is 57.9 Å². The molecule has 0 aliphatic heterocycles. The summed E-state index contributed by atoms with van der Waals surface area (Å²) in [5.74, 6) is 0. The summed E-state index contributed by atoms with van der Waals surface area (Å²) in [5.41, 5.74) is 0.665. The topological polar surface area (TPSA) is 14.1 Å². The number of hydrogen-bond acceptors (Lipinski definition) is 0. The molecule has 0 amide bonds. The summed E-state index contributed by atoms with van der Waals surface area (Å²) in [6, 6.07) is 22.4. The van der Waals surface area contributed by atoms with Gasteiger partial charge in [0.05, 0.1) is 0 Å². The van der Waals surface area contributed by atoms with Gasteiger partial charge in [-0.05, 0) is 39.6 Å². The first kappa shape index (κ1) is 30.8. The van der Waals surface area contributed by atoms with Crippen LogP contribution < -0.4 is 10.6 Å². The second-order valence-electron chi connectivity index (χ2n) is 10.5. The fraction of sp³-hybridized carbons (Fsp3) is 0.345. The number of hydrogen-bond donors (Lipinski definition) is 0. The molecule has 0 saturated heterocycles. The van der Waals surface area contributed by atoms with Crippen molar-refractivity contribution in [2.24, 2.45) is 5.41 Å². The number of halogens is 2.